The van der Waals surface area contributed by atoms with E-state index in [4.69, 9.17) is 5.73 Å². The number of nitrogens with zero attached hydrogens (tertiary/aromatic N) is 1. The number of benzene rings is 1. The molecule has 2 amide bonds. The predicted molar refractivity (Wildman–Crippen MR) is 81.2 cm³/mol. The number of halogens is 1. The van der Waals surface area contributed by atoms with E-state index in [0.29, 0.717) is 37.2 Å². The Balaban J connectivity index is 2.01. The molecule has 1 aromatic carbocycles. The molecule has 3 N–H and O–H groups in total. The minimum atomic E-state index is -0.0129. The van der Waals surface area contributed by atoms with Crippen molar-refractivity contribution in [2.75, 3.05) is 25.9 Å². The largest absolute Gasteiger partial charge is 0.398 e. The number of nitrogens with one attached hydrogen (secondary N) is 1. The number of amides is 2. The summed E-state index contributed by atoms with van der Waals surface area (Å²) < 4.78 is 0.726. The summed E-state index contributed by atoms with van der Waals surface area (Å²) in [6.07, 6.45) is 1.42. The SMILES string of the molecule is CNC(=O)C1CCN(C(=O)c2ccc(N)c(Br)c2)CC1. The van der Waals surface area contributed by atoms with Gasteiger partial charge in [-0.3, -0.25) is 9.59 Å². The van der Waals surface area contributed by atoms with Crippen LogP contribution >= 0.6 is 15.9 Å². The molecule has 2 rings (SSSR count). The Morgan fingerprint density at radius 3 is 2.55 bits per heavy atom. The molecule has 5 nitrogen and oxygen atoms in total. The predicted octanol–water partition coefficient (Wildman–Crippen LogP) is 1.63. The van der Waals surface area contributed by atoms with Gasteiger partial charge in [-0.2, -0.15) is 0 Å². The molecule has 0 unspecified atom stereocenters. The first-order valence-corrected chi connectivity index (χ1v) is 7.38. The Labute approximate surface area is 126 Å². The van der Waals surface area contributed by atoms with Gasteiger partial charge in [-0.25, -0.2) is 0 Å². The monoisotopic (exact) mass is 339 g/mol. The molecule has 0 atom stereocenters. The van der Waals surface area contributed by atoms with Crippen LogP contribution in [0.15, 0.2) is 22.7 Å². The number of piperidine rings is 1. The van der Waals surface area contributed by atoms with E-state index in [2.05, 4.69) is 21.2 Å². The first-order valence-electron chi connectivity index (χ1n) is 6.59. The van der Waals surface area contributed by atoms with Gasteiger partial charge in [0.15, 0.2) is 0 Å². The van der Waals surface area contributed by atoms with E-state index in [0.717, 1.165) is 4.47 Å². The molecule has 20 heavy (non-hydrogen) atoms. The van der Waals surface area contributed by atoms with E-state index in [1.165, 1.54) is 0 Å². The molecule has 0 radical (unpaired) electrons. The van der Waals surface area contributed by atoms with Gasteiger partial charge in [0.05, 0.1) is 0 Å². The van der Waals surface area contributed by atoms with E-state index >= 15 is 0 Å². The fraction of sp³-hybridized carbons (Fsp3) is 0.429. The van der Waals surface area contributed by atoms with Crippen LogP contribution in [-0.4, -0.2) is 36.9 Å². The van der Waals surface area contributed by atoms with Gasteiger partial charge < -0.3 is 16.0 Å². The van der Waals surface area contributed by atoms with Crippen LogP contribution in [0.2, 0.25) is 0 Å². The Morgan fingerprint density at radius 2 is 2.00 bits per heavy atom. The minimum absolute atomic E-state index is 0.0129. The Morgan fingerprint density at radius 1 is 1.35 bits per heavy atom. The summed E-state index contributed by atoms with van der Waals surface area (Å²) in [6.45, 7) is 1.22. The number of carbonyl (C=O) groups is 2. The van der Waals surface area contributed by atoms with Gasteiger partial charge in [0, 0.05) is 41.8 Å². The average molecular weight is 340 g/mol. The molecule has 1 heterocycles. The highest BCUT2D eigenvalue weighted by molar-refractivity contribution is 9.10. The lowest BCUT2D eigenvalue weighted by Gasteiger charge is -2.31. The van der Waals surface area contributed by atoms with Crippen molar-refractivity contribution in [3.05, 3.63) is 28.2 Å². The second kappa shape index (κ2) is 6.26. The molecule has 0 saturated carbocycles. The summed E-state index contributed by atoms with van der Waals surface area (Å²) in [5.41, 5.74) is 6.94. The van der Waals surface area contributed by atoms with Crippen LogP contribution in [0.25, 0.3) is 0 Å². The maximum Gasteiger partial charge on any atom is 0.253 e. The first-order chi connectivity index (χ1) is 9.52. The summed E-state index contributed by atoms with van der Waals surface area (Å²) in [4.78, 5) is 25.7. The number of nitrogens with two attached hydrogens (primary N) is 1. The van der Waals surface area contributed by atoms with Crippen molar-refractivity contribution in [3.63, 3.8) is 0 Å². The second-order valence-electron chi connectivity index (χ2n) is 4.92. The maximum atomic E-state index is 12.4. The van der Waals surface area contributed by atoms with Crippen molar-refractivity contribution in [2.24, 2.45) is 5.92 Å². The molecule has 1 fully saturated rings. The normalized spacial score (nSPS) is 16.0. The smallest absolute Gasteiger partial charge is 0.253 e. The third-order valence-electron chi connectivity index (χ3n) is 3.65. The van der Waals surface area contributed by atoms with Crippen LogP contribution in [-0.2, 0) is 4.79 Å². The summed E-state index contributed by atoms with van der Waals surface area (Å²) in [6, 6.07) is 5.18. The number of anilines is 1. The fourth-order valence-electron chi connectivity index (χ4n) is 2.39. The lowest BCUT2D eigenvalue weighted by atomic mass is 9.95. The van der Waals surface area contributed by atoms with Crippen molar-refractivity contribution in [3.8, 4) is 0 Å². The quantitative estimate of drug-likeness (QED) is 0.804. The van der Waals surface area contributed by atoms with E-state index in [-0.39, 0.29) is 17.7 Å². The van der Waals surface area contributed by atoms with Crippen LogP contribution in [0, 0.1) is 5.92 Å². The van der Waals surface area contributed by atoms with E-state index < -0.39 is 0 Å². The summed E-state index contributed by atoms with van der Waals surface area (Å²) in [7, 11) is 1.64. The van der Waals surface area contributed by atoms with Crippen LogP contribution < -0.4 is 11.1 Å². The van der Waals surface area contributed by atoms with E-state index in [1.54, 1.807) is 30.1 Å². The topological polar surface area (TPSA) is 75.4 Å². The standard InChI is InChI=1S/C14H18BrN3O2/c1-17-13(19)9-4-6-18(7-5-9)14(20)10-2-3-12(16)11(15)8-10/h2-3,8-9H,4-7,16H2,1H3,(H,17,19). The number of rotatable bonds is 2. The van der Waals surface area contributed by atoms with E-state index in [9.17, 15) is 9.59 Å². The highest BCUT2D eigenvalue weighted by Crippen LogP contribution is 2.23. The van der Waals surface area contributed by atoms with Gasteiger partial charge in [0.2, 0.25) is 5.91 Å². The molecule has 0 bridgehead atoms. The van der Waals surface area contributed by atoms with Gasteiger partial charge in [-0.15, -0.1) is 0 Å². The molecule has 6 heteroatoms. The molecule has 0 spiro atoms. The number of nitrogen functional groups attached to an aromatic ring is 1. The average Bonchev–Trinajstić information content (AvgIpc) is 2.48. The summed E-state index contributed by atoms with van der Waals surface area (Å²) in [5.74, 6) is 0.0654. The molecule has 0 aliphatic carbocycles. The molecular weight excluding hydrogens is 322 g/mol. The number of carbonyl (C=O) groups excluding carboxylic acids is 2. The molecule has 0 aromatic heterocycles. The van der Waals surface area contributed by atoms with Crippen LogP contribution in [0.5, 0.6) is 0 Å². The lowest BCUT2D eigenvalue weighted by molar-refractivity contribution is -0.125. The summed E-state index contributed by atoms with van der Waals surface area (Å²) >= 11 is 3.33. The van der Waals surface area contributed by atoms with Gasteiger partial charge in [0.1, 0.15) is 0 Å². The van der Waals surface area contributed by atoms with E-state index in [1.807, 2.05) is 0 Å². The van der Waals surface area contributed by atoms with Crippen LogP contribution in [0.4, 0.5) is 5.69 Å². The zero-order chi connectivity index (χ0) is 14.7. The van der Waals surface area contributed by atoms with Crippen LogP contribution in [0.1, 0.15) is 23.2 Å². The zero-order valence-electron chi connectivity index (χ0n) is 11.4. The van der Waals surface area contributed by atoms with Gasteiger partial charge in [-0.1, -0.05) is 0 Å². The van der Waals surface area contributed by atoms with Crippen molar-refractivity contribution >= 4 is 33.4 Å². The lowest BCUT2D eigenvalue weighted by Crippen LogP contribution is -2.42. The minimum Gasteiger partial charge on any atom is -0.398 e. The van der Waals surface area contributed by atoms with Gasteiger partial charge in [0.25, 0.3) is 5.91 Å². The molecular formula is C14H18BrN3O2. The molecule has 1 aliphatic rings. The Hall–Kier alpha value is -1.56. The molecule has 108 valence electrons. The highest BCUT2D eigenvalue weighted by atomic mass is 79.9. The third kappa shape index (κ3) is 3.12. The van der Waals surface area contributed by atoms with Crippen molar-refractivity contribution in [1.29, 1.82) is 0 Å². The maximum absolute atomic E-state index is 12.4. The van der Waals surface area contributed by atoms with Gasteiger partial charge in [-0.05, 0) is 47.0 Å². The molecule has 1 aromatic rings. The van der Waals surface area contributed by atoms with Crippen molar-refractivity contribution < 1.29 is 9.59 Å². The van der Waals surface area contributed by atoms with Crippen molar-refractivity contribution in [1.82, 2.24) is 10.2 Å². The van der Waals surface area contributed by atoms with Gasteiger partial charge >= 0.3 is 0 Å². The molecule has 1 saturated heterocycles. The first kappa shape index (κ1) is 14.8. The number of likely N-dealkylation sites (tertiary alicyclic amines) is 1. The highest BCUT2D eigenvalue weighted by Gasteiger charge is 2.27. The third-order valence-corrected chi connectivity index (χ3v) is 4.33. The number of hydrogen-bond donors (Lipinski definition) is 2. The Bertz CT molecular complexity index is 525. The van der Waals surface area contributed by atoms with Crippen LogP contribution in [0.3, 0.4) is 0 Å². The molecule has 1 aliphatic heterocycles. The van der Waals surface area contributed by atoms with Crippen molar-refractivity contribution in [2.45, 2.75) is 12.8 Å². The fourth-order valence-corrected chi connectivity index (χ4v) is 2.77. The Kier molecular flexibility index (Phi) is 4.65. The summed E-state index contributed by atoms with van der Waals surface area (Å²) in [5, 5.41) is 2.66. The zero-order valence-corrected chi connectivity index (χ0v) is 12.9. The second-order valence-corrected chi connectivity index (χ2v) is 5.77. The number of hydrogen-bond acceptors (Lipinski definition) is 3.